The topological polar surface area (TPSA) is 117 Å². The second-order valence-corrected chi connectivity index (χ2v) is 10.6. The van der Waals surface area contributed by atoms with Crippen molar-refractivity contribution in [3.63, 3.8) is 0 Å². The second kappa shape index (κ2) is 11.7. The van der Waals surface area contributed by atoms with Crippen LogP contribution >= 0.6 is 11.6 Å². The number of fused-ring (bicyclic) bond motifs is 1. The fourth-order valence-corrected chi connectivity index (χ4v) is 5.51. The molecule has 0 aliphatic carbocycles. The van der Waals surface area contributed by atoms with Crippen LogP contribution in [0.25, 0.3) is 11.3 Å². The highest BCUT2D eigenvalue weighted by Gasteiger charge is 2.30. The van der Waals surface area contributed by atoms with Crippen molar-refractivity contribution in [1.82, 2.24) is 25.1 Å². The SMILES string of the molecule is CC(=O)N1CCCC(CNC(=O)CN2Cc3ccc(-c4nc(NC5CCOCC5)ncc4Cl)cc3C2=O)C1. The van der Waals surface area contributed by atoms with E-state index < -0.39 is 0 Å². The first kappa shape index (κ1) is 26.4. The first-order chi connectivity index (χ1) is 18.4. The van der Waals surface area contributed by atoms with Crippen LogP contribution in [-0.4, -0.2) is 82.9 Å². The zero-order valence-electron chi connectivity index (χ0n) is 21.5. The van der Waals surface area contributed by atoms with E-state index in [1.54, 1.807) is 24.1 Å². The summed E-state index contributed by atoms with van der Waals surface area (Å²) in [5, 5.41) is 6.70. The number of hydrogen-bond donors (Lipinski definition) is 2. The summed E-state index contributed by atoms with van der Waals surface area (Å²) in [6, 6.07) is 5.82. The summed E-state index contributed by atoms with van der Waals surface area (Å²) in [5.41, 5.74) is 2.68. The number of anilines is 1. The summed E-state index contributed by atoms with van der Waals surface area (Å²) >= 11 is 6.44. The number of carbonyl (C=O) groups excluding carboxylic acids is 3. The molecule has 1 aromatic heterocycles. The first-order valence-electron chi connectivity index (χ1n) is 13.2. The van der Waals surface area contributed by atoms with Crippen molar-refractivity contribution in [2.45, 2.75) is 45.2 Å². The van der Waals surface area contributed by atoms with Gasteiger partial charge in [0.2, 0.25) is 17.8 Å². The summed E-state index contributed by atoms with van der Waals surface area (Å²) in [6.07, 6.45) is 5.25. The Hall–Kier alpha value is -3.24. The average molecular weight is 541 g/mol. The molecule has 0 saturated carbocycles. The van der Waals surface area contributed by atoms with Crippen molar-refractivity contribution in [2.75, 3.05) is 44.7 Å². The maximum atomic E-state index is 13.2. The van der Waals surface area contributed by atoms with Crippen molar-refractivity contribution >= 4 is 35.3 Å². The largest absolute Gasteiger partial charge is 0.381 e. The predicted molar refractivity (Wildman–Crippen MR) is 143 cm³/mol. The normalized spacial score (nSPS) is 19.8. The lowest BCUT2D eigenvalue weighted by Crippen LogP contribution is -2.44. The number of piperidine rings is 1. The maximum absolute atomic E-state index is 13.2. The molecule has 3 amide bonds. The molecule has 1 aromatic carbocycles. The third-order valence-electron chi connectivity index (χ3n) is 7.45. The van der Waals surface area contributed by atoms with Crippen LogP contribution in [0.5, 0.6) is 0 Å². The molecular formula is C27H33ClN6O4. The maximum Gasteiger partial charge on any atom is 0.254 e. The highest BCUT2D eigenvalue weighted by molar-refractivity contribution is 6.33. The van der Waals surface area contributed by atoms with E-state index in [9.17, 15) is 14.4 Å². The van der Waals surface area contributed by atoms with Crippen molar-refractivity contribution in [2.24, 2.45) is 5.92 Å². The smallest absolute Gasteiger partial charge is 0.254 e. The minimum atomic E-state index is -0.200. The van der Waals surface area contributed by atoms with Gasteiger partial charge in [-0.3, -0.25) is 14.4 Å². The van der Waals surface area contributed by atoms with Crippen LogP contribution in [0.15, 0.2) is 24.4 Å². The molecule has 202 valence electrons. The molecule has 11 heteroatoms. The van der Waals surface area contributed by atoms with Crippen LogP contribution in [0.2, 0.25) is 5.02 Å². The highest BCUT2D eigenvalue weighted by Crippen LogP contribution is 2.31. The monoisotopic (exact) mass is 540 g/mol. The molecule has 0 bridgehead atoms. The lowest BCUT2D eigenvalue weighted by molar-refractivity contribution is -0.130. The Morgan fingerprint density at radius 2 is 2.03 bits per heavy atom. The number of hydrogen-bond acceptors (Lipinski definition) is 7. The van der Waals surface area contributed by atoms with Crippen molar-refractivity contribution in [3.05, 3.63) is 40.5 Å². The minimum absolute atomic E-state index is 0.0145. The minimum Gasteiger partial charge on any atom is -0.381 e. The van der Waals surface area contributed by atoms with Gasteiger partial charge < -0.3 is 25.2 Å². The van der Waals surface area contributed by atoms with E-state index in [0.717, 1.165) is 43.4 Å². The Labute approximate surface area is 227 Å². The molecule has 10 nitrogen and oxygen atoms in total. The summed E-state index contributed by atoms with van der Waals surface area (Å²) in [5.74, 6) is 0.396. The third-order valence-corrected chi connectivity index (χ3v) is 7.72. The predicted octanol–water partition coefficient (Wildman–Crippen LogP) is 2.72. The quantitative estimate of drug-likeness (QED) is 0.554. The Morgan fingerprint density at radius 1 is 1.21 bits per heavy atom. The van der Waals surface area contributed by atoms with Gasteiger partial charge in [-0.05, 0) is 43.2 Å². The summed E-state index contributed by atoms with van der Waals surface area (Å²) < 4.78 is 5.41. The van der Waals surface area contributed by atoms with Gasteiger partial charge in [0.25, 0.3) is 5.91 Å². The number of halogens is 1. The third kappa shape index (κ3) is 6.07. The van der Waals surface area contributed by atoms with E-state index >= 15 is 0 Å². The van der Waals surface area contributed by atoms with E-state index in [0.29, 0.717) is 55.1 Å². The van der Waals surface area contributed by atoms with Gasteiger partial charge in [0.1, 0.15) is 6.54 Å². The Bertz CT molecular complexity index is 1220. The van der Waals surface area contributed by atoms with Gasteiger partial charge in [0.05, 0.1) is 16.9 Å². The van der Waals surface area contributed by atoms with Crippen LogP contribution in [0, 0.1) is 5.92 Å². The van der Waals surface area contributed by atoms with E-state index in [2.05, 4.69) is 20.6 Å². The molecule has 2 fully saturated rings. The van der Waals surface area contributed by atoms with E-state index in [1.807, 2.05) is 17.0 Å². The molecule has 2 saturated heterocycles. The summed E-state index contributed by atoms with van der Waals surface area (Å²) in [4.78, 5) is 49.8. The first-order valence-corrected chi connectivity index (χ1v) is 13.6. The number of ether oxygens (including phenoxy) is 1. The van der Waals surface area contributed by atoms with Gasteiger partial charge in [-0.25, -0.2) is 9.97 Å². The van der Waals surface area contributed by atoms with Crippen molar-refractivity contribution in [1.29, 1.82) is 0 Å². The summed E-state index contributed by atoms with van der Waals surface area (Å²) in [7, 11) is 0. The molecular weight excluding hydrogens is 508 g/mol. The molecule has 0 spiro atoms. The van der Waals surface area contributed by atoms with Crippen molar-refractivity contribution in [3.8, 4) is 11.3 Å². The molecule has 5 rings (SSSR count). The molecule has 3 aliphatic rings. The second-order valence-electron chi connectivity index (χ2n) is 10.2. The van der Waals surface area contributed by atoms with Crippen LogP contribution in [0.3, 0.4) is 0 Å². The Kier molecular flexibility index (Phi) is 8.09. The van der Waals surface area contributed by atoms with Crippen LogP contribution < -0.4 is 10.6 Å². The molecule has 4 heterocycles. The summed E-state index contributed by atoms with van der Waals surface area (Å²) in [6.45, 7) is 5.28. The van der Waals surface area contributed by atoms with Gasteiger partial charge in [-0.2, -0.15) is 0 Å². The van der Waals surface area contributed by atoms with E-state index in [1.165, 1.54) is 0 Å². The van der Waals surface area contributed by atoms with E-state index in [4.69, 9.17) is 16.3 Å². The lowest BCUT2D eigenvalue weighted by Gasteiger charge is -2.32. The van der Waals surface area contributed by atoms with E-state index in [-0.39, 0.29) is 36.2 Å². The number of carbonyl (C=O) groups is 3. The van der Waals surface area contributed by atoms with Gasteiger partial charge in [-0.15, -0.1) is 0 Å². The van der Waals surface area contributed by atoms with Gasteiger partial charge >= 0.3 is 0 Å². The molecule has 0 radical (unpaired) electrons. The number of nitrogens with one attached hydrogen (secondary N) is 2. The average Bonchev–Trinajstić information content (AvgIpc) is 3.23. The van der Waals surface area contributed by atoms with Crippen molar-refractivity contribution < 1.29 is 19.1 Å². The fraction of sp³-hybridized carbons (Fsp3) is 0.519. The molecule has 2 aromatic rings. The molecule has 2 N–H and O–H groups in total. The number of amides is 3. The zero-order valence-corrected chi connectivity index (χ0v) is 22.3. The highest BCUT2D eigenvalue weighted by atomic mass is 35.5. The molecule has 3 aliphatic heterocycles. The molecule has 1 unspecified atom stereocenters. The number of aromatic nitrogens is 2. The van der Waals surface area contributed by atoms with Gasteiger partial charge in [-0.1, -0.05) is 23.7 Å². The van der Waals surface area contributed by atoms with Gasteiger partial charge in [0, 0.05) is 63.5 Å². The number of nitrogens with zero attached hydrogens (tertiary/aromatic N) is 4. The fourth-order valence-electron chi connectivity index (χ4n) is 5.30. The van der Waals surface area contributed by atoms with Crippen LogP contribution in [-0.2, 0) is 20.9 Å². The van der Waals surface area contributed by atoms with Crippen LogP contribution in [0.4, 0.5) is 5.95 Å². The Balaban J connectivity index is 1.21. The Morgan fingerprint density at radius 3 is 2.82 bits per heavy atom. The number of benzene rings is 1. The standard InChI is InChI=1S/C27H33ClN6O4/c1-17(35)33-8-2-3-18(14-33)12-29-24(36)16-34-15-20-5-4-19(11-22(20)26(34)37)25-23(28)13-30-27(32-25)31-21-6-9-38-10-7-21/h4-5,11,13,18,21H,2-3,6-10,12,14-16H2,1H3,(H,29,36)(H,30,31,32). The number of rotatable bonds is 7. The van der Waals surface area contributed by atoms with Gasteiger partial charge in [0.15, 0.2) is 0 Å². The molecule has 1 atom stereocenters. The zero-order chi connectivity index (χ0) is 26.6. The lowest BCUT2D eigenvalue weighted by atomic mass is 9.98. The molecule has 38 heavy (non-hydrogen) atoms. The number of likely N-dealkylation sites (tertiary alicyclic amines) is 1. The van der Waals surface area contributed by atoms with Crippen LogP contribution in [0.1, 0.15) is 48.5 Å².